The number of ether oxygens (including phenoxy) is 1. The molecular weight excluding hydrogens is 302 g/mol. The fourth-order valence-corrected chi connectivity index (χ4v) is 2.96. The summed E-state index contributed by atoms with van der Waals surface area (Å²) in [6, 6.07) is 14.5. The summed E-state index contributed by atoms with van der Waals surface area (Å²) in [5, 5.41) is 0. The van der Waals surface area contributed by atoms with Gasteiger partial charge in [-0.2, -0.15) is 4.36 Å². The Hall–Kier alpha value is -2.47. The highest BCUT2D eigenvalue weighted by atomic mass is 32.2. The summed E-state index contributed by atoms with van der Waals surface area (Å²) in [7, 11) is -1.44. The van der Waals surface area contributed by atoms with Crippen LogP contribution in [0.4, 0.5) is 0 Å². The fourth-order valence-electron chi connectivity index (χ4n) is 1.79. The molecule has 1 atom stereocenters. The van der Waals surface area contributed by atoms with Crippen molar-refractivity contribution in [3.05, 3.63) is 60.2 Å². The Labute approximate surface area is 129 Å². The van der Waals surface area contributed by atoms with Gasteiger partial charge in [-0.05, 0) is 36.4 Å². The van der Waals surface area contributed by atoms with Crippen molar-refractivity contribution in [1.82, 2.24) is 0 Å². The molecule has 0 aliphatic rings. The van der Waals surface area contributed by atoms with Crippen molar-refractivity contribution in [2.75, 3.05) is 13.4 Å². The normalized spacial score (nSPS) is 13.0. The highest BCUT2D eigenvalue weighted by Crippen LogP contribution is 2.14. The lowest BCUT2D eigenvalue weighted by Crippen LogP contribution is -2.14. The fraction of sp³-hybridized carbons (Fsp3) is 0.125. The molecule has 0 saturated carbocycles. The first-order chi connectivity index (χ1) is 10.4. The Morgan fingerprint density at radius 1 is 1.00 bits per heavy atom. The van der Waals surface area contributed by atoms with Crippen LogP contribution in [-0.4, -0.2) is 29.3 Å². The molecule has 0 bridgehead atoms. The van der Waals surface area contributed by atoms with Gasteiger partial charge in [0.05, 0.1) is 16.8 Å². The highest BCUT2D eigenvalue weighted by molar-refractivity contribution is 7.93. The van der Waals surface area contributed by atoms with Crippen molar-refractivity contribution >= 4 is 21.4 Å². The van der Waals surface area contributed by atoms with Gasteiger partial charge in [-0.15, -0.1) is 0 Å². The van der Waals surface area contributed by atoms with Crippen LogP contribution in [0.15, 0.2) is 63.9 Å². The van der Waals surface area contributed by atoms with E-state index in [1.165, 1.54) is 25.5 Å². The Morgan fingerprint density at radius 3 is 2.14 bits per heavy atom. The second-order valence-corrected chi connectivity index (χ2v) is 6.83. The molecule has 2 aromatic rings. The number of amides is 1. The maximum atomic E-state index is 12.5. The van der Waals surface area contributed by atoms with Gasteiger partial charge in [0.25, 0.3) is 5.78 Å². The van der Waals surface area contributed by atoms with Gasteiger partial charge in [0.15, 0.2) is 0 Å². The second-order valence-electron chi connectivity index (χ2n) is 4.57. The van der Waals surface area contributed by atoms with E-state index < -0.39 is 21.4 Å². The molecule has 1 amide bonds. The number of nitrogens with zero attached hydrogens (tertiary/aromatic N) is 1. The zero-order valence-electron chi connectivity index (χ0n) is 12.2. The first kappa shape index (κ1) is 15.9. The molecule has 0 spiro atoms. The SMILES string of the molecule is COc1ccc(C(=O)C(=O)N=S(C)(=O)c2ccccc2)cc1. The van der Waals surface area contributed by atoms with E-state index in [0.717, 1.165) is 0 Å². The van der Waals surface area contributed by atoms with Gasteiger partial charge in [0.2, 0.25) is 0 Å². The molecule has 5 nitrogen and oxygen atoms in total. The van der Waals surface area contributed by atoms with Crippen LogP contribution in [0, 0.1) is 0 Å². The Balaban J connectivity index is 2.29. The van der Waals surface area contributed by atoms with E-state index in [-0.39, 0.29) is 5.56 Å². The van der Waals surface area contributed by atoms with Gasteiger partial charge in [-0.3, -0.25) is 9.59 Å². The highest BCUT2D eigenvalue weighted by Gasteiger charge is 2.18. The average molecular weight is 317 g/mol. The topological polar surface area (TPSA) is 72.8 Å². The lowest BCUT2D eigenvalue weighted by molar-refractivity contribution is -0.113. The van der Waals surface area contributed by atoms with Crippen LogP contribution in [0.25, 0.3) is 0 Å². The standard InChI is InChI=1S/C16H15NO4S/c1-21-13-10-8-12(9-11-13)15(18)16(19)17-22(2,20)14-6-4-3-5-7-14/h3-11H,1-2H3. The summed E-state index contributed by atoms with van der Waals surface area (Å²) < 4.78 is 21.1. The quantitative estimate of drug-likeness (QED) is 0.642. The zero-order chi connectivity index (χ0) is 16.2. The molecule has 2 rings (SSSR count). The van der Waals surface area contributed by atoms with Crippen LogP contribution in [0.1, 0.15) is 10.4 Å². The molecule has 0 N–H and O–H groups in total. The number of Topliss-reactive ketones (excluding diaryl/α,β-unsaturated/α-hetero) is 1. The summed E-state index contributed by atoms with van der Waals surface area (Å²) in [6.45, 7) is 0. The van der Waals surface area contributed by atoms with Crippen molar-refractivity contribution in [3.8, 4) is 5.75 Å². The van der Waals surface area contributed by atoms with E-state index in [1.807, 2.05) is 0 Å². The Bertz CT molecular complexity index is 804. The minimum absolute atomic E-state index is 0.179. The first-order valence-corrected chi connectivity index (χ1v) is 8.36. The average Bonchev–Trinajstić information content (AvgIpc) is 2.54. The number of hydrogen-bond acceptors (Lipinski definition) is 4. The van der Waals surface area contributed by atoms with Gasteiger partial charge in [-0.1, -0.05) is 18.2 Å². The third-order valence-electron chi connectivity index (χ3n) is 2.98. The predicted octanol–water partition coefficient (Wildman–Crippen LogP) is 2.56. The summed E-state index contributed by atoms with van der Waals surface area (Å²) >= 11 is 0. The van der Waals surface area contributed by atoms with Gasteiger partial charge in [0.1, 0.15) is 5.75 Å². The van der Waals surface area contributed by atoms with Crippen molar-refractivity contribution in [2.24, 2.45) is 4.36 Å². The summed E-state index contributed by atoms with van der Waals surface area (Å²) in [5.41, 5.74) is 0.179. The lowest BCUT2D eigenvalue weighted by atomic mass is 10.1. The van der Waals surface area contributed by atoms with Gasteiger partial charge in [0, 0.05) is 16.7 Å². The number of ketones is 1. The number of methoxy groups -OCH3 is 1. The second kappa shape index (κ2) is 6.53. The molecule has 0 aliphatic heterocycles. The van der Waals surface area contributed by atoms with E-state index in [1.54, 1.807) is 42.5 Å². The van der Waals surface area contributed by atoms with Crippen LogP contribution in [0.3, 0.4) is 0 Å². The molecule has 22 heavy (non-hydrogen) atoms. The first-order valence-electron chi connectivity index (χ1n) is 6.44. The van der Waals surface area contributed by atoms with Crippen LogP contribution >= 0.6 is 0 Å². The third-order valence-corrected chi connectivity index (χ3v) is 4.65. The van der Waals surface area contributed by atoms with Crippen LogP contribution in [0.5, 0.6) is 5.75 Å². The number of carbonyl (C=O) groups excluding carboxylic acids is 2. The minimum Gasteiger partial charge on any atom is -0.497 e. The van der Waals surface area contributed by atoms with E-state index >= 15 is 0 Å². The molecular formula is C16H15NO4S. The third kappa shape index (κ3) is 3.59. The molecule has 0 aromatic heterocycles. The monoisotopic (exact) mass is 317 g/mol. The number of carbonyl (C=O) groups is 2. The van der Waals surface area contributed by atoms with E-state index in [0.29, 0.717) is 10.6 Å². The predicted molar refractivity (Wildman–Crippen MR) is 83.5 cm³/mol. The van der Waals surface area contributed by atoms with Gasteiger partial charge >= 0.3 is 5.91 Å². The van der Waals surface area contributed by atoms with Crippen molar-refractivity contribution in [3.63, 3.8) is 0 Å². The molecule has 0 aliphatic carbocycles. The largest absolute Gasteiger partial charge is 0.497 e. The van der Waals surface area contributed by atoms with Crippen molar-refractivity contribution in [2.45, 2.75) is 4.90 Å². The smallest absolute Gasteiger partial charge is 0.326 e. The number of hydrogen-bond donors (Lipinski definition) is 0. The van der Waals surface area contributed by atoms with E-state index in [9.17, 15) is 13.8 Å². The molecule has 6 heteroatoms. The Kier molecular flexibility index (Phi) is 4.72. The Morgan fingerprint density at radius 2 is 1.59 bits per heavy atom. The van der Waals surface area contributed by atoms with Gasteiger partial charge in [-0.25, -0.2) is 4.21 Å². The van der Waals surface area contributed by atoms with E-state index in [2.05, 4.69) is 4.36 Å². The molecule has 0 fully saturated rings. The number of rotatable bonds is 4. The summed E-state index contributed by atoms with van der Waals surface area (Å²) in [6.07, 6.45) is 1.33. The molecule has 1 unspecified atom stereocenters. The van der Waals surface area contributed by atoms with Crippen LogP contribution in [0.2, 0.25) is 0 Å². The molecule has 114 valence electrons. The molecule has 0 heterocycles. The van der Waals surface area contributed by atoms with Gasteiger partial charge < -0.3 is 4.74 Å². The maximum absolute atomic E-state index is 12.5. The van der Waals surface area contributed by atoms with E-state index in [4.69, 9.17) is 4.74 Å². The molecule has 2 aromatic carbocycles. The minimum atomic E-state index is -2.95. The number of benzene rings is 2. The van der Waals surface area contributed by atoms with Crippen LogP contribution < -0.4 is 4.74 Å². The summed E-state index contributed by atoms with van der Waals surface area (Å²) in [4.78, 5) is 24.4. The zero-order valence-corrected chi connectivity index (χ0v) is 13.0. The van der Waals surface area contributed by atoms with Crippen molar-refractivity contribution < 1.29 is 18.5 Å². The summed E-state index contributed by atoms with van der Waals surface area (Å²) in [5.74, 6) is -1.25. The molecule has 0 saturated heterocycles. The molecule has 0 radical (unpaired) electrons. The lowest BCUT2D eigenvalue weighted by Gasteiger charge is -2.04. The maximum Gasteiger partial charge on any atom is 0.326 e. The van der Waals surface area contributed by atoms with Crippen LogP contribution in [-0.2, 0) is 14.5 Å². The van der Waals surface area contributed by atoms with Crippen molar-refractivity contribution in [1.29, 1.82) is 0 Å².